The third-order valence-corrected chi connectivity index (χ3v) is 5.97. The van der Waals surface area contributed by atoms with Gasteiger partial charge in [-0.3, -0.25) is 4.79 Å². The Labute approximate surface area is 181 Å². The minimum absolute atomic E-state index is 0. The fourth-order valence-corrected chi connectivity index (χ4v) is 4.51. The molecule has 1 amide bonds. The van der Waals surface area contributed by atoms with Crippen LogP contribution in [0.15, 0.2) is 6.07 Å². The lowest BCUT2D eigenvalue weighted by atomic mass is 9.71. The Kier molecular flexibility index (Phi) is 9.95. The van der Waals surface area contributed by atoms with Gasteiger partial charge >= 0.3 is 0 Å². The summed E-state index contributed by atoms with van der Waals surface area (Å²) < 4.78 is 0. The van der Waals surface area contributed by atoms with Crippen molar-refractivity contribution in [2.24, 2.45) is 5.41 Å². The predicted molar refractivity (Wildman–Crippen MR) is 119 cm³/mol. The maximum absolute atomic E-state index is 12.8. The summed E-state index contributed by atoms with van der Waals surface area (Å²) in [4.78, 5) is 21.9. The molecule has 3 rings (SSSR count). The summed E-state index contributed by atoms with van der Waals surface area (Å²) in [5.41, 5.74) is 0.775. The van der Waals surface area contributed by atoms with Crippen molar-refractivity contribution in [2.45, 2.75) is 77.8 Å². The van der Waals surface area contributed by atoms with E-state index in [2.05, 4.69) is 39.8 Å². The Hall–Kier alpha value is -1.11. The Morgan fingerprint density at radius 3 is 2.64 bits per heavy atom. The second kappa shape index (κ2) is 11.2. The molecule has 2 aliphatic heterocycles. The third-order valence-electron chi connectivity index (χ3n) is 5.97. The van der Waals surface area contributed by atoms with E-state index in [9.17, 15) is 4.79 Å². The normalized spacial score (nSPS) is 25.0. The van der Waals surface area contributed by atoms with Crippen LogP contribution in [-0.4, -0.2) is 41.0 Å². The first-order valence-corrected chi connectivity index (χ1v) is 10.2. The van der Waals surface area contributed by atoms with Gasteiger partial charge in [-0.15, -0.1) is 24.8 Å². The van der Waals surface area contributed by atoms with Crippen molar-refractivity contribution in [3.8, 4) is 0 Å². The van der Waals surface area contributed by atoms with E-state index in [-0.39, 0.29) is 36.1 Å². The first-order valence-electron chi connectivity index (χ1n) is 10.2. The highest BCUT2D eigenvalue weighted by Crippen LogP contribution is 2.45. The number of nitrogens with one attached hydrogen (secondary N) is 3. The molecule has 1 aromatic heterocycles. The van der Waals surface area contributed by atoms with Crippen molar-refractivity contribution in [3.63, 3.8) is 0 Å². The van der Waals surface area contributed by atoms with E-state index < -0.39 is 0 Å². The molecular formula is C20H35Cl2N5O. The van der Waals surface area contributed by atoms with Crippen LogP contribution in [0.2, 0.25) is 0 Å². The lowest BCUT2D eigenvalue weighted by molar-refractivity contribution is -0.132. The van der Waals surface area contributed by atoms with Crippen LogP contribution in [-0.2, 0) is 11.2 Å². The van der Waals surface area contributed by atoms with Gasteiger partial charge in [0.05, 0.1) is 5.41 Å². The number of aromatic nitrogens is 2. The molecule has 0 aromatic carbocycles. The van der Waals surface area contributed by atoms with Crippen molar-refractivity contribution < 1.29 is 4.79 Å². The van der Waals surface area contributed by atoms with Gasteiger partial charge in [-0.2, -0.15) is 0 Å². The average molecular weight is 432 g/mol. The summed E-state index contributed by atoms with van der Waals surface area (Å²) in [6.45, 7) is 7.60. The van der Waals surface area contributed by atoms with E-state index in [1.807, 2.05) is 13.0 Å². The number of fused-ring (bicyclic) bond motifs is 2. The fraction of sp³-hybridized carbons (Fsp3) is 0.750. The summed E-state index contributed by atoms with van der Waals surface area (Å²) in [5, 5.41) is 10.1. The molecule has 0 radical (unpaired) electrons. The first kappa shape index (κ1) is 24.9. The molecule has 0 aliphatic carbocycles. The third kappa shape index (κ3) is 5.49. The van der Waals surface area contributed by atoms with Gasteiger partial charge in [0.15, 0.2) is 0 Å². The van der Waals surface area contributed by atoms with Crippen LogP contribution in [0.3, 0.4) is 0 Å². The molecule has 1 aromatic rings. The van der Waals surface area contributed by atoms with Crippen molar-refractivity contribution in [1.82, 2.24) is 20.6 Å². The number of rotatable bonds is 9. The van der Waals surface area contributed by atoms with Crippen molar-refractivity contribution in [1.29, 1.82) is 0 Å². The zero-order chi connectivity index (χ0) is 18.6. The molecule has 3 N–H and O–H groups in total. The average Bonchev–Trinajstić information content (AvgIpc) is 3.24. The molecule has 3 heterocycles. The monoisotopic (exact) mass is 431 g/mol. The molecule has 0 spiro atoms. The summed E-state index contributed by atoms with van der Waals surface area (Å²) in [6, 6.07) is 2.86. The van der Waals surface area contributed by atoms with Crippen LogP contribution in [0.5, 0.6) is 0 Å². The number of unbranched alkanes of at least 4 members (excludes halogenated alkanes) is 1. The van der Waals surface area contributed by atoms with E-state index in [0.29, 0.717) is 25.2 Å². The van der Waals surface area contributed by atoms with Crippen LogP contribution in [0.4, 0.5) is 5.82 Å². The minimum Gasteiger partial charge on any atom is -0.368 e. The zero-order valence-electron chi connectivity index (χ0n) is 17.2. The molecule has 2 bridgehead atoms. The molecule has 8 heteroatoms. The number of carbonyl (C=O) groups excluding carboxylic acids is 1. The maximum Gasteiger partial charge on any atom is 0.227 e. The smallest absolute Gasteiger partial charge is 0.227 e. The molecule has 2 aliphatic rings. The summed E-state index contributed by atoms with van der Waals surface area (Å²) >= 11 is 0. The zero-order valence-corrected chi connectivity index (χ0v) is 18.8. The molecule has 6 nitrogen and oxygen atoms in total. The number of aryl methyl sites for hydroxylation is 2. The Morgan fingerprint density at radius 2 is 2.04 bits per heavy atom. The van der Waals surface area contributed by atoms with Gasteiger partial charge in [-0.25, -0.2) is 9.97 Å². The maximum atomic E-state index is 12.8. The highest BCUT2D eigenvalue weighted by atomic mass is 35.5. The number of nitrogens with zero attached hydrogens (tertiary/aromatic N) is 2. The highest BCUT2D eigenvalue weighted by molar-refractivity contribution is 5.85. The van der Waals surface area contributed by atoms with Crippen LogP contribution in [0.1, 0.15) is 63.9 Å². The lowest BCUT2D eigenvalue weighted by Gasteiger charge is -2.34. The molecule has 0 saturated carbocycles. The van der Waals surface area contributed by atoms with Crippen molar-refractivity contribution in [2.75, 3.05) is 18.4 Å². The Bertz CT molecular complexity index is 645. The van der Waals surface area contributed by atoms with Crippen LogP contribution < -0.4 is 16.0 Å². The van der Waals surface area contributed by atoms with E-state index in [1.165, 1.54) is 6.42 Å². The van der Waals surface area contributed by atoms with E-state index >= 15 is 0 Å². The predicted octanol–water partition coefficient (Wildman–Crippen LogP) is 3.42. The number of carbonyl (C=O) groups is 1. The number of hydrogen-bond donors (Lipinski definition) is 3. The van der Waals surface area contributed by atoms with Gasteiger partial charge in [-0.1, -0.05) is 20.3 Å². The van der Waals surface area contributed by atoms with Gasteiger partial charge in [0.1, 0.15) is 11.6 Å². The topological polar surface area (TPSA) is 78.9 Å². The molecule has 2 saturated heterocycles. The Balaban J connectivity index is 0.00000196. The van der Waals surface area contributed by atoms with Crippen molar-refractivity contribution >= 4 is 36.5 Å². The van der Waals surface area contributed by atoms with Gasteiger partial charge < -0.3 is 16.0 Å². The number of hydrogen-bond acceptors (Lipinski definition) is 5. The highest BCUT2D eigenvalue weighted by Gasteiger charge is 2.54. The fourth-order valence-electron chi connectivity index (χ4n) is 4.51. The van der Waals surface area contributed by atoms with E-state index in [1.54, 1.807) is 0 Å². The molecular weight excluding hydrogens is 397 g/mol. The Morgan fingerprint density at radius 1 is 1.25 bits per heavy atom. The largest absolute Gasteiger partial charge is 0.368 e. The molecule has 0 unspecified atom stereocenters. The standard InChI is InChI=1S/C20H33N5O.2ClH/c1-4-6-7-17-23-14(3)12-18(25-17)21-10-11-22-19(26)20(5-2)13-15-8-9-16(20)24-15;;/h12,15-16,24H,4-11,13H2,1-3H3,(H,22,26)(H,21,23,25);2*1H/t15-,16+,20+;;/m0../s1. The second-order valence-corrected chi connectivity index (χ2v) is 7.80. The summed E-state index contributed by atoms with van der Waals surface area (Å²) in [5.74, 6) is 1.96. The molecule has 160 valence electrons. The number of anilines is 1. The number of halogens is 2. The van der Waals surface area contributed by atoms with Crippen molar-refractivity contribution in [3.05, 3.63) is 17.6 Å². The van der Waals surface area contributed by atoms with Gasteiger partial charge in [0, 0.05) is 43.4 Å². The first-order chi connectivity index (χ1) is 12.6. The number of amides is 1. The minimum atomic E-state index is -0.207. The van der Waals surface area contributed by atoms with Gasteiger partial charge in [-0.05, 0) is 39.0 Å². The lowest BCUT2D eigenvalue weighted by Crippen LogP contribution is -2.49. The van der Waals surface area contributed by atoms with Crippen LogP contribution >= 0.6 is 24.8 Å². The molecule has 3 atom stereocenters. The van der Waals surface area contributed by atoms with E-state index in [4.69, 9.17) is 0 Å². The summed E-state index contributed by atoms with van der Waals surface area (Å²) in [7, 11) is 0. The van der Waals surface area contributed by atoms with E-state index in [0.717, 1.165) is 55.9 Å². The van der Waals surface area contributed by atoms with Crippen LogP contribution in [0, 0.1) is 12.3 Å². The van der Waals surface area contributed by atoms with Crippen LogP contribution in [0.25, 0.3) is 0 Å². The van der Waals surface area contributed by atoms with Gasteiger partial charge in [0.25, 0.3) is 0 Å². The SMILES string of the molecule is CCCCc1nc(C)cc(NCCNC(=O)[C@]2(CC)C[C@@H]3CC[C@H]2N3)n1.Cl.Cl. The quantitative estimate of drug-likeness (QED) is 0.521. The summed E-state index contributed by atoms with van der Waals surface area (Å²) in [6.07, 6.45) is 7.40. The molecule has 2 fully saturated rings. The second-order valence-electron chi connectivity index (χ2n) is 7.80. The van der Waals surface area contributed by atoms with Gasteiger partial charge in [0.2, 0.25) is 5.91 Å². The molecule has 28 heavy (non-hydrogen) atoms.